The molecule has 1 rings (SSSR count). The summed E-state index contributed by atoms with van der Waals surface area (Å²) in [5, 5.41) is 7.96. The van der Waals surface area contributed by atoms with Gasteiger partial charge in [-0.05, 0) is 18.2 Å². The van der Waals surface area contributed by atoms with Gasteiger partial charge in [-0.25, -0.2) is 4.79 Å². The summed E-state index contributed by atoms with van der Waals surface area (Å²) in [6.07, 6.45) is -10.1. The second kappa shape index (κ2) is 4.48. The minimum Gasteiger partial charge on any atom is -0.296 e. The molecule has 18 heavy (non-hydrogen) atoms. The van der Waals surface area contributed by atoms with Crippen LogP contribution in [0, 0.1) is 0 Å². The maximum Gasteiger partial charge on any atom is 0.416 e. The van der Waals surface area contributed by atoms with Crippen LogP contribution in [-0.2, 0) is 17.2 Å². The Hall–Kier alpha value is -1.77. The molecule has 0 aliphatic heterocycles. The molecule has 0 bridgehead atoms. The van der Waals surface area contributed by atoms with Crippen LogP contribution >= 0.6 is 0 Å². The lowest BCUT2D eigenvalue weighted by Gasteiger charge is -2.12. The van der Waals surface area contributed by atoms with E-state index in [1.165, 1.54) is 0 Å². The van der Waals surface area contributed by atoms with Gasteiger partial charge in [0.1, 0.15) is 0 Å². The molecule has 1 aromatic rings. The smallest absolute Gasteiger partial charge is 0.296 e. The number of benzene rings is 1. The first-order valence-corrected chi connectivity index (χ1v) is 4.21. The summed E-state index contributed by atoms with van der Waals surface area (Å²) < 4.78 is 73.9. The van der Waals surface area contributed by atoms with E-state index in [9.17, 15) is 31.1 Å². The van der Waals surface area contributed by atoms with Crippen molar-refractivity contribution < 1.29 is 41.3 Å². The van der Waals surface area contributed by atoms with E-state index in [2.05, 4.69) is 4.89 Å². The van der Waals surface area contributed by atoms with Crippen LogP contribution in [0.25, 0.3) is 0 Å². The first-order valence-electron chi connectivity index (χ1n) is 4.21. The molecule has 1 aromatic carbocycles. The van der Waals surface area contributed by atoms with E-state index >= 15 is 0 Å². The largest absolute Gasteiger partial charge is 0.416 e. The summed E-state index contributed by atoms with van der Waals surface area (Å²) in [5.41, 5.74) is -4.39. The van der Waals surface area contributed by atoms with Gasteiger partial charge in [0.25, 0.3) is 0 Å². The van der Waals surface area contributed by atoms with Crippen LogP contribution in [0.15, 0.2) is 18.2 Å². The molecule has 9 heteroatoms. The lowest BCUT2D eigenvalue weighted by molar-refractivity contribution is -0.183. The fourth-order valence-corrected chi connectivity index (χ4v) is 1.13. The van der Waals surface area contributed by atoms with Crippen LogP contribution in [0.4, 0.5) is 26.3 Å². The van der Waals surface area contributed by atoms with Gasteiger partial charge in [-0.3, -0.25) is 4.89 Å². The number of alkyl halides is 6. The van der Waals surface area contributed by atoms with Crippen LogP contribution in [-0.4, -0.2) is 11.2 Å². The Balaban J connectivity index is 3.44. The van der Waals surface area contributed by atoms with Crippen LogP contribution < -0.4 is 0 Å². The topological polar surface area (TPSA) is 46.5 Å². The molecule has 0 saturated carbocycles. The van der Waals surface area contributed by atoms with Crippen LogP contribution in [0.2, 0.25) is 0 Å². The van der Waals surface area contributed by atoms with Gasteiger partial charge in [0, 0.05) is 0 Å². The number of hydrogen-bond donors (Lipinski definition) is 1. The Labute approximate surface area is 95.5 Å². The predicted molar refractivity (Wildman–Crippen MR) is 44.5 cm³/mol. The number of rotatable bonds is 1. The van der Waals surface area contributed by atoms with Gasteiger partial charge in [0.15, 0.2) is 0 Å². The average molecular weight is 274 g/mol. The Morgan fingerprint density at radius 3 is 1.61 bits per heavy atom. The van der Waals surface area contributed by atoms with E-state index in [4.69, 9.17) is 5.26 Å². The van der Waals surface area contributed by atoms with Crippen LogP contribution in [0.5, 0.6) is 0 Å². The summed E-state index contributed by atoms with van der Waals surface area (Å²) >= 11 is 0. The number of hydrogen-bond acceptors (Lipinski definition) is 3. The molecule has 0 radical (unpaired) electrons. The third-order valence-electron chi connectivity index (χ3n) is 1.91. The standard InChI is InChI=1S/C9H4F6O3/c10-8(11,12)5-1-4(7(16)18-17)2-6(3-5)9(13,14)15/h1-3,17H. The van der Waals surface area contributed by atoms with Gasteiger partial charge in [-0.15, -0.1) is 0 Å². The zero-order valence-electron chi connectivity index (χ0n) is 8.26. The minimum atomic E-state index is -5.06. The number of carbonyl (C=O) groups excluding carboxylic acids is 1. The molecule has 100 valence electrons. The summed E-state index contributed by atoms with van der Waals surface area (Å²) in [6.45, 7) is 0. The summed E-state index contributed by atoms with van der Waals surface area (Å²) in [6, 6.07) is 0.149. The van der Waals surface area contributed by atoms with Crippen LogP contribution in [0.1, 0.15) is 21.5 Å². The van der Waals surface area contributed by atoms with Gasteiger partial charge in [-0.2, -0.15) is 31.6 Å². The van der Waals surface area contributed by atoms with Gasteiger partial charge >= 0.3 is 18.3 Å². The lowest BCUT2D eigenvalue weighted by atomic mass is 10.0. The Morgan fingerprint density at radius 1 is 0.944 bits per heavy atom. The summed E-state index contributed by atoms with van der Waals surface area (Å²) in [7, 11) is 0. The highest BCUT2D eigenvalue weighted by Crippen LogP contribution is 2.36. The first kappa shape index (κ1) is 14.3. The summed E-state index contributed by atoms with van der Waals surface area (Å²) in [4.78, 5) is 13.9. The van der Waals surface area contributed by atoms with Crippen molar-refractivity contribution in [3.8, 4) is 0 Å². The normalized spacial score (nSPS) is 12.4. The van der Waals surface area contributed by atoms with Crippen molar-refractivity contribution in [2.45, 2.75) is 12.4 Å². The highest BCUT2D eigenvalue weighted by molar-refractivity contribution is 5.89. The lowest BCUT2D eigenvalue weighted by Crippen LogP contribution is -2.14. The highest BCUT2D eigenvalue weighted by Gasteiger charge is 2.37. The third kappa shape index (κ3) is 3.13. The molecular weight excluding hydrogens is 270 g/mol. The first-order chi connectivity index (χ1) is 8.05. The monoisotopic (exact) mass is 274 g/mol. The molecule has 0 saturated heterocycles. The molecule has 1 N–H and O–H groups in total. The minimum absolute atomic E-state index is 0.145. The highest BCUT2D eigenvalue weighted by atomic mass is 19.4. The van der Waals surface area contributed by atoms with E-state index in [-0.39, 0.29) is 18.2 Å². The van der Waals surface area contributed by atoms with Crippen molar-refractivity contribution in [3.05, 3.63) is 34.9 Å². The molecule has 0 spiro atoms. The third-order valence-corrected chi connectivity index (χ3v) is 1.91. The van der Waals surface area contributed by atoms with Gasteiger partial charge in [0.05, 0.1) is 16.7 Å². The quantitative estimate of drug-likeness (QED) is 0.485. The van der Waals surface area contributed by atoms with E-state index in [1.54, 1.807) is 0 Å². The molecular formula is C9H4F6O3. The molecule has 0 fully saturated rings. The number of halogens is 6. The number of carbonyl (C=O) groups is 1. The second-order valence-corrected chi connectivity index (χ2v) is 3.17. The Kier molecular flexibility index (Phi) is 3.56. The van der Waals surface area contributed by atoms with Crippen molar-refractivity contribution in [3.63, 3.8) is 0 Å². The van der Waals surface area contributed by atoms with E-state index in [0.717, 1.165) is 0 Å². The molecule has 0 aliphatic rings. The average Bonchev–Trinajstić information content (AvgIpc) is 2.25. The SMILES string of the molecule is O=C(OO)c1cc(C(F)(F)F)cc(C(F)(F)F)c1. The van der Waals surface area contributed by atoms with Crippen molar-refractivity contribution in [1.29, 1.82) is 0 Å². The van der Waals surface area contributed by atoms with E-state index in [0.29, 0.717) is 0 Å². The zero-order chi connectivity index (χ0) is 14.1. The van der Waals surface area contributed by atoms with Gasteiger partial charge in [0.2, 0.25) is 0 Å². The molecule has 0 amide bonds. The fraction of sp³-hybridized carbons (Fsp3) is 0.222. The maximum atomic E-state index is 12.3. The van der Waals surface area contributed by atoms with Crippen molar-refractivity contribution in [2.75, 3.05) is 0 Å². The Bertz CT molecular complexity index is 430. The molecule has 0 unspecified atom stereocenters. The predicted octanol–water partition coefficient (Wildman–Crippen LogP) is 3.35. The fourth-order valence-electron chi connectivity index (χ4n) is 1.13. The van der Waals surface area contributed by atoms with E-state index < -0.39 is 35.0 Å². The van der Waals surface area contributed by atoms with Crippen molar-refractivity contribution in [1.82, 2.24) is 0 Å². The zero-order valence-corrected chi connectivity index (χ0v) is 8.26. The summed E-state index contributed by atoms with van der Waals surface area (Å²) in [5.74, 6) is -1.72. The molecule has 0 aromatic heterocycles. The van der Waals surface area contributed by atoms with Crippen molar-refractivity contribution >= 4 is 5.97 Å². The molecule has 0 aliphatic carbocycles. The maximum absolute atomic E-state index is 12.3. The van der Waals surface area contributed by atoms with Gasteiger partial charge in [-0.1, -0.05) is 0 Å². The Morgan fingerprint density at radius 2 is 1.33 bits per heavy atom. The molecule has 0 atom stereocenters. The molecule has 3 nitrogen and oxygen atoms in total. The van der Waals surface area contributed by atoms with Crippen molar-refractivity contribution in [2.24, 2.45) is 0 Å². The van der Waals surface area contributed by atoms with Crippen LogP contribution in [0.3, 0.4) is 0 Å². The second-order valence-electron chi connectivity index (χ2n) is 3.17. The van der Waals surface area contributed by atoms with Gasteiger partial charge < -0.3 is 0 Å². The van der Waals surface area contributed by atoms with E-state index in [1.807, 2.05) is 0 Å². The molecule has 0 heterocycles.